The van der Waals surface area contributed by atoms with Crippen molar-refractivity contribution in [2.45, 2.75) is 77.4 Å². The number of Topliss-reactive ketones (excluding diaryl/α,β-unsaturated/α-hetero) is 1. The Morgan fingerprint density at radius 3 is 2.45 bits per heavy atom. The van der Waals surface area contributed by atoms with Crippen molar-refractivity contribution in [1.82, 2.24) is 0 Å². The van der Waals surface area contributed by atoms with Crippen LogP contribution in [0.25, 0.3) is 0 Å². The van der Waals surface area contributed by atoms with Crippen molar-refractivity contribution in [3.05, 3.63) is 11.6 Å². The third kappa shape index (κ3) is 4.75. The Balaban J connectivity index is 2.51. The van der Waals surface area contributed by atoms with Crippen molar-refractivity contribution < 1.29 is 19.4 Å². The van der Waals surface area contributed by atoms with Gasteiger partial charge in [0.2, 0.25) is 5.78 Å². The van der Waals surface area contributed by atoms with Crippen molar-refractivity contribution in [3.63, 3.8) is 0 Å². The molecular formula is C16H26O4. The molecular weight excluding hydrogens is 256 g/mol. The summed E-state index contributed by atoms with van der Waals surface area (Å²) in [6, 6.07) is 0. The Bertz CT molecular complexity index is 373. The van der Waals surface area contributed by atoms with Crippen LogP contribution < -0.4 is 0 Å². The Kier molecular flexibility index (Phi) is 6.93. The maximum absolute atomic E-state index is 12.0. The van der Waals surface area contributed by atoms with Crippen molar-refractivity contribution in [2.24, 2.45) is 0 Å². The lowest BCUT2D eigenvalue weighted by Gasteiger charge is -2.17. The predicted octanol–water partition coefficient (Wildman–Crippen LogP) is 3.28. The van der Waals surface area contributed by atoms with Gasteiger partial charge < -0.3 is 9.84 Å². The summed E-state index contributed by atoms with van der Waals surface area (Å²) < 4.78 is 4.89. The first-order chi connectivity index (χ1) is 9.53. The van der Waals surface area contributed by atoms with E-state index in [9.17, 15) is 14.7 Å². The first kappa shape index (κ1) is 16.9. The maximum Gasteiger partial charge on any atom is 0.337 e. The molecule has 1 atom stereocenters. The second kappa shape index (κ2) is 8.20. The van der Waals surface area contributed by atoms with Crippen LogP contribution in [0.5, 0.6) is 0 Å². The molecule has 0 bridgehead atoms. The summed E-state index contributed by atoms with van der Waals surface area (Å²) in [7, 11) is 0. The lowest BCUT2D eigenvalue weighted by Crippen LogP contribution is -2.37. The fourth-order valence-corrected chi connectivity index (χ4v) is 2.30. The number of hydrogen-bond donors (Lipinski definition) is 1. The number of hydrogen-bond acceptors (Lipinski definition) is 4. The number of esters is 1. The maximum atomic E-state index is 12.0. The van der Waals surface area contributed by atoms with Crippen molar-refractivity contribution in [3.8, 4) is 0 Å². The van der Waals surface area contributed by atoms with Gasteiger partial charge >= 0.3 is 5.97 Å². The summed E-state index contributed by atoms with van der Waals surface area (Å²) in [5, 5.41) is 10.1. The van der Waals surface area contributed by atoms with E-state index in [4.69, 9.17) is 4.74 Å². The van der Waals surface area contributed by atoms with E-state index >= 15 is 0 Å². The van der Waals surface area contributed by atoms with Gasteiger partial charge in [0.15, 0.2) is 0 Å². The molecule has 0 amide bonds. The average Bonchev–Trinajstić information content (AvgIpc) is 2.71. The molecule has 1 aliphatic heterocycles. The average molecular weight is 282 g/mol. The third-order valence-electron chi connectivity index (χ3n) is 3.59. The molecule has 0 saturated heterocycles. The van der Waals surface area contributed by atoms with Crippen LogP contribution in [-0.4, -0.2) is 22.6 Å². The molecule has 0 radical (unpaired) electrons. The topological polar surface area (TPSA) is 63.6 Å². The lowest BCUT2D eigenvalue weighted by molar-refractivity contribution is -0.186. The summed E-state index contributed by atoms with van der Waals surface area (Å²) in [5.41, 5.74) is 0.433. The minimum Gasteiger partial charge on any atom is -0.418 e. The third-order valence-corrected chi connectivity index (χ3v) is 3.59. The second-order valence-electron chi connectivity index (χ2n) is 5.45. The van der Waals surface area contributed by atoms with E-state index in [-0.39, 0.29) is 6.42 Å². The number of unbranched alkanes of at least 4 members (excludes halogenated alkanes) is 5. The molecule has 4 heteroatoms. The van der Waals surface area contributed by atoms with E-state index in [2.05, 4.69) is 13.8 Å². The molecule has 20 heavy (non-hydrogen) atoms. The molecule has 1 unspecified atom stereocenters. The van der Waals surface area contributed by atoms with Gasteiger partial charge in [-0.25, -0.2) is 4.79 Å². The highest BCUT2D eigenvalue weighted by Gasteiger charge is 2.43. The highest BCUT2D eigenvalue weighted by atomic mass is 16.7. The van der Waals surface area contributed by atoms with Gasteiger partial charge in [0.1, 0.15) is 0 Å². The van der Waals surface area contributed by atoms with Gasteiger partial charge in [-0.2, -0.15) is 0 Å². The SMILES string of the molecule is CCCCCCC(=O)C1(O)C=C(CCCCC)C(=O)O1. The summed E-state index contributed by atoms with van der Waals surface area (Å²) >= 11 is 0. The highest BCUT2D eigenvalue weighted by Crippen LogP contribution is 2.28. The van der Waals surface area contributed by atoms with Gasteiger partial charge in [0.25, 0.3) is 5.79 Å². The van der Waals surface area contributed by atoms with Crippen molar-refractivity contribution >= 4 is 11.8 Å². The fourth-order valence-electron chi connectivity index (χ4n) is 2.30. The van der Waals surface area contributed by atoms with Gasteiger partial charge in [0, 0.05) is 18.1 Å². The molecule has 0 spiro atoms. The van der Waals surface area contributed by atoms with Gasteiger partial charge in [0.05, 0.1) is 0 Å². The molecule has 0 aromatic rings. The quantitative estimate of drug-likeness (QED) is 0.493. The number of ether oxygens (including phenoxy) is 1. The summed E-state index contributed by atoms with van der Waals surface area (Å²) in [6.45, 7) is 4.18. The van der Waals surface area contributed by atoms with Crippen LogP contribution in [0, 0.1) is 0 Å². The molecule has 1 aliphatic rings. The van der Waals surface area contributed by atoms with Crippen molar-refractivity contribution in [2.75, 3.05) is 0 Å². The van der Waals surface area contributed by atoms with Crippen molar-refractivity contribution in [1.29, 1.82) is 0 Å². The standard InChI is InChI=1S/C16H26O4/c1-3-5-7-9-11-14(17)16(19)12-13(15(18)20-16)10-8-6-4-2/h12,19H,3-11H2,1-2H3. The van der Waals surface area contributed by atoms with Crippen LogP contribution >= 0.6 is 0 Å². The number of ketones is 1. The summed E-state index contributed by atoms with van der Waals surface area (Å²) in [4.78, 5) is 23.6. The number of cyclic esters (lactones) is 1. The molecule has 1 heterocycles. The molecule has 1 N–H and O–H groups in total. The van der Waals surface area contributed by atoms with E-state index in [1.165, 1.54) is 6.08 Å². The zero-order valence-corrected chi connectivity index (χ0v) is 12.6. The summed E-state index contributed by atoms with van der Waals surface area (Å²) in [6.07, 6.45) is 8.94. The summed E-state index contributed by atoms with van der Waals surface area (Å²) in [5.74, 6) is -2.97. The Morgan fingerprint density at radius 2 is 1.80 bits per heavy atom. The van der Waals surface area contributed by atoms with E-state index in [1.54, 1.807) is 0 Å². The molecule has 0 aromatic heterocycles. The first-order valence-corrected chi connectivity index (χ1v) is 7.74. The molecule has 0 saturated carbocycles. The molecule has 4 nitrogen and oxygen atoms in total. The van der Waals surface area contributed by atoms with Gasteiger partial charge in [-0.15, -0.1) is 0 Å². The number of aliphatic hydroxyl groups is 1. The second-order valence-corrected chi connectivity index (χ2v) is 5.45. The zero-order valence-electron chi connectivity index (χ0n) is 12.6. The molecule has 114 valence electrons. The number of rotatable bonds is 10. The van der Waals surface area contributed by atoms with Crippen LogP contribution in [0.4, 0.5) is 0 Å². The first-order valence-electron chi connectivity index (χ1n) is 7.74. The van der Waals surface area contributed by atoms with Gasteiger partial charge in [-0.3, -0.25) is 4.79 Å². The molecule has 0 fully saturated rings. The van der Waals surface area contributed by atoms with E-state index in [0.29, 0.717) is 12.0 Å². The van der Waals surface area contributed by atoms with E-state index in [1.807, 2.05) is 0 Å². The lowest BCUT2D eigenvalue weighted by atomic mass is 10.0. The molecule has 0 aromatic carbocycles. The molecule has 1 rings (SSSR count). The Hall–Kier alpha value is -1.16. The van der Waals surface area contributed by atoms with E-state index < -0.39 is 17.5 Å². The number of carbonyl (C=O) groups is 2. The van der Waals surface area contributed by atoms with Gasteiger partial charge in [-0.05, 0) is 19.3 Å². The van der Waals surface area contributed by atoms with Crippen LogP contribution in [0.1, 0.15) is 71.6 Å². The Morgan fingerprint density at radius 1 is 1.15 bits per heavy atom. The van der Waals surface area contributed by atoms with Crippen LogP contribution in [0.15, 0.2) is 11.6 Å². The number of carbonyl (C=O) groups excluding carboxylic acids is 2. The minimum atomic E-state index is -2.01. The van der Waals surface area contributed by atoms with Crippen LogP contribution in [0.3, 0.4) is 0 Å². The smallest absolute Gasteiger partial charge is 0.337 e. The van der Waals surface area contributed by atoms with Crippen LogP contribution in [0.2, 0.25) is 0 Å². The molecule has 0 aliphatic carbocycles. The van der Waals surface area contributed by atoms with E-state index in [0.717, 1.165) is 44.9 Å². The zero-order chi connectivity index (χ0) is 15.0. The van der Waals surface area contributed by atoms with Gasteiger partial charge in [-0.1, -0.05) is 46.0 Å². The Labute approximate surface area is 121 Å². The minimum absolute atomic E-state index is 0.252. The monoisotopic (exact) mass is 282 g/mol. The largest absolute Gasteiger partial charge is 0.418 e. The fraction of sp³-hybridized carbons (Fsp3) is 0.750. The predicted molar refractivity (Wildman–Crippen MR) is 77.0 cm³/mol. The van der Waals surface area contributed by atoms with Crippen LogP contribution in [-0.2, 0) is 14.3 Å². The highest BCUT2D eigenvalue weighted by molar-refractivity contribution is 5.99. The normalized spacial score (nSPS) is 21.8.